The van der Waals surface area contributed by atoms with E-state index < -0.39 is 15.8 Å². The summed E-state index contributed by atoms with van der Waals surface area (Å²) in [4.78, 5) is 8.75. The molecule has 0 saturated heterocycles. The van der Waals surface area contributed by atoms with Crippen LogP contribution in [0, 0.1) is 12.7 Å². The van der Waals surface area contributed by atoms with E-state index in [1.807, 2.05) is 19.1 Å². The number of sulfonamides is 1. The Morgan fingerprint density at radius 3 is 2.51 bits per heavy atom. The van der Waals surface area contributed by atoms with Crippen LogP contribution >= 0.6 is 0 Å². The van der Waals surface area contributed by atoms with Gasteiger partial charge in [0.1, 0.15) is 29.9 Å². The number of aromatic nitrogens is 3. The number of aryl methyl sites for hydroxylation is 1. The molecule has 0 aliphatic rings. The second-order valence-corrected chi connectivity index (χ2v) is 9.82. The molecule has 0 aliphatic heterocycles. The van der Waals surface area contributed by atoms with Gasteiger partial charge in [-0.3, -0.25) is 4.72 Å². The molecule has 1 N–H and O–H groups in total. The van der Waals surface area contributed by atoms with Crippen molar-refractivity contribution in [3.05, 3.63) is 78.6 Å². The van der Waals surface area contributed by atoms with Crippen LogP contribution in [0.25, 0.3) is 33.3 Å². The van der Waals surface area contributed by atoms with Crippen molar-refractivity contribution in [3.63, 3.8) is 0 Å². The molecule has 0 fully saturated rings. The molecule has 0 aliphatic carbocycles. The van der Waals surface area contributed by atoms with Gasteiger partial charge in [-0.25, -0.2) is 22.8 Å². The van der Waals surface area contributed by atoms with Gasteiger partial charge in [0.05, 0.1) is 30.3 Å². The van der Waals surface area contributed by atoms with E-state index in [4.69, 9.17) is 9.47 Å². The van der Waals surface area contributed by atoms with Crippen molar-refractivity contribution in [1.29, 1.82) is 0 Å². The van der Waals surface area contributed by atoms with E-state index in [2.05, 4.69) is 24.4 Å². The Morgan fingerprint density at radius 1 is 0.946 bits per heavy atom. The van der Waals surface area contributed by atoms with Crippen LogP contribution in [0.15, 0.2) is 76.6 Å². The first kappa shape index (κ1) is 24.2. The number of anilines is 1. The van der Waals surface area contributed by atoms with Crippen molar-refractivity contribution >= 4 is 26.7 Å². The van der Waals surface area contributed by atoms with E-state index in [1.54, 1.807) is 12.1 Å². The summed E-state index contributed by atoms with van der Waals surface area (Å²) in [5.74, 6) is 0.568. The zero-order valence-electron chi connectivity index (χ0n) is 20.0. The Bertz CT molecular complexity index is 1720. The van der Waals surface area contributed by atoms with E-state index >= 15 is 0 Å². The number of hydrogen-bond acceptors (Lipinski definition) is 8. The van der Waals surface area contributed by atoms with Gasteiger partial charge in [-0.2, -0.15) is 0 Å². The third-order valence-corrected chi connectivity index (χ3v) is 7.17. The standard InChI is InChI=1S/C26H21FN4O5S/c1-15-8-22(24(35-3)13-21(15)16-9-17(27)11-18(10-16)34-2)26-20-5-4-19(12-23(20)28-14-29-26)37(32,33)31-25-6-7-36-30-25/h4-14H,1-3H3,(H,30,31). The van der Waals surface area contributed by atoms with Gasteiger partial charge < -0.3 is 14.0 Å². The minimum atomic E-state index is -3.92. The minimum Gasteiger partial charge on any atom is -0.497 e. The summed E-state index contributed by atoms with van der Waals surface area (Å²) in [6, 6.07) is 14.2. The van der Waals surface area contributed by atoms with Crippen LogP contribution in [0.4, 0.5) is 10.2 Å². The fourth-order valence-electron chi connectivity index (χ4n) is 4.07. The molecular formula is C26H21FN4O5S. The quantitative estimate of drug-likeness (QED) is 0.311. The molecule has 2 aromatic heterocycles. The first-order chi connectivity index (χ1) is 17.8. The van der Waals surface area contributed by atoms with Gasteiger partial charge in [0.25, 0.3) is 10.0 Å². The Labute approximate surface area is 211 Å². The van der Waals surface area contributed by atoms with Crippen LogP contribution in [0.2, 0.25) is 0 Å². The van der Waals surface area contributed by atoms with Crippen LogP contribution in [-0.2, 0) is 10.0 Å². The molecule has 0 radical (unpaired) electrons. The van der Waals surface area contributed by atoms with Crippen molar-refractivity contribution in [3.8, 4) is 33.9 Å². The first-order valence-corrected chi connectivity index (χ1v) is 12.5. The molecule has 5 rings (SSSR count). The molecule has 3 aromatic carbocycles. The van der Waals surface area contributed by atoms with Crippen LogP contribution in [0.1, 0.15) is 5.56 Å². The van der Waals surface area contributed by atoms with Crippen molar-refractivity contribution in [2.24, 2.45) is 0 Å². The highest BCUT2D eigenvalue weighted by Gasteiger charge is 2.20. The lowest BCUT2D eigenvalue weighted by Gasteiger charge is -2.16. The largest absolute Gasteiger partial charge is 0.497 e. The predicted octanol–water partition coefficient (Wildman–Crippen LogP) is 5.22. The number of nitrogens with zero attached hydrogens (tertiary/aromatic N) is 3. The van der Waals surface area contributed by atoms with Gasteiger partial charge in [-0.05, 0) is 66.1 Å². The summed E-state index contributed by atoms with van der Waals surface area (Å²) in [7, 11) is -0.898. The smallest absolute Gasteiger partial charge is 0.263 e. The topological polar surface area (TPSA) is 116 Å². The molecule has 0 atom stereocenters. The van der Waals surface area contributed by atoms with Crippen molar-refractivity contribution < 1.29 is 26.8 Å². The van der Waals surface area contributed by atoms with E-state index in [-0.39, 0.29) is 10.7 Å². The number of methoxy groups -OCH3 is 2. The zero-order valence-corrected chi connectivity index (χ0v) is 20.8. The van der Waals surface area contributed by atoms with E-state index in [9.17, 15) is 12.8 Å². The molecule has 9 nitrogen and oxygen atoms in total. The maximum Gasteiger partial charge on any atom is 0.263 e. The molecule has 0 unspecified atom stereocenters. The van der Waals surface area contributed by atoms with Gasteiger partial charge >= 0.3 is 0 Å². The fourth-order valence-corrected chi connectivity index (χ4v) is 5.08. The van der Waals surface area contributed by atoms with Crippen LogP contribution < -0.4 is 14.2 Å². The highest BCUT2D eigenvalue weighted by Crippen LogP contribution is 2.39. The van der Waals surface area contributed by atoms with Crippen LogP contribution in [0.5, 0.6) is 11.5 Å². The van der Waals surface area contributed by atoms with Gasteiger partial charge in [-0.1, -0.05) is 5.16 Å². The van der Waals surface area contributed by atoms with E-state index in [0.29, 0.717) is 39.2 Å². The Balaban J connectivity index is 1.60. The lowest BCUT2D eigenvalue weighted by molar-refractivity contribution is 0.411. The molecule has 0 amide bonds. The second-order valence-electron chi connectivity index (χ2n) is 8.14. The minimum absolute atomic E-state index is 0.00574. The normalized spacial score (nSPS) is 11.5. The summed E-state index contributed by atoms with van der Waals surface area (Å²) >= 11 is 0. The van der Waals surface area contributed by atoms with E-state index in [1.165, 1.54) is 57.1 Å². The molecule has 11 heteroatoms. The van der Waals surface area contributed by atoms with E-state index in [0.717, 1.165) is 11.1 Å². The molecule has 0 spiro atoms. The number of halogens is 1. The first-order valence-electron chi connectivity index (χ1n) is 11.0. The molecule has 0 saturated carbocycles. The highest BCUT2D eigenvalue weighted by atomic mass is 32.2. The number of nitrogens with one attached hydrogen (secondary N) is 1. The SMILES string of the molecule is COc1cc(F)cc(-c2cc(OC)c(-c3ncnc4cc(S(=O)(=O)Nc5ccon5)ccc34)cc2C)c1. The van der Waals surface area contributed by atoms with Crippen molar-refractivity contribution in [1.82, 2.24) is 15.1 Å². The molecule has 188 valence electrons. The Hall–Kier alpha value is -4.51. The summed E-state index contributed by atoms with van der Waals surface area (Å²) in [6.45, 7) is 1.90. The summed E-state index contributed by atoms with van der Waals surface area (Å²) in [5, 5.41) is 4.21. The third-order valence-electron chi connectivity index (χ3n) is 5.81. The van der Waals surface area contributed by atoms with Crippen LogP contribution in [0.3, 0.4) is 0 Å². The van der Waals surface area contributed by atoms with Gasteiger partial charge in [0.15, 0.2) is 5.82 Å². The number of rotatable bonds is 7. The second kappa shape index (κ2) is 9.51. The highest BCUT2D eigenvalue weighted by molar-refractivity contribution is 7.92. The average Bonchev–Trinajstić information content (AvgIpc) is 3.39. The maximum absolute atomic E-state index is 14.2. The third kappa shape index (κ3) is 4.68. The number of benzene rings is 3. The van der Waals surface area contributed by atoms with Crippen LogP contribution in [-0.4, -0.2) is 37.8 Å². The van der Waals surface area contributed by atoms with Crippen molar-refractivity contribution in [2.75, 3.05) is 18.9 Å². The number of fused-ring (bicyclic) bond motifs is 1. The monoisotopic (exact) mass is 520 g/mol. The molecule has 2 heterocycles. The number of ether oxygens (including phenoxy) is 2. The number of hydrogen-bond donors (Lipinski definition) is 1. The van der Waals surface area contributed by atoms with Gasteiger partial charge in [0.2, 0.25) is 0 Å². The Morgan fingerprint density at radius 2 is 1.78 bits per heavy atom. The Kier molecular flexibility index (Phi) is 6.22. The van der Waals surface area contributed by atoms with Gasteiger partial charge in [0, 0.05) is 23.1 Å². The predicted molar refractivity (Wildman–Crippen MR) is 136 cm³/mol. The molecule has 37 heavy (non-hydrogen) atoms. The van der Waals surface area contributed by atoms with Gasteiger partial charge in [-0.15, -0.1) is 0 Å². The fraction of sp³-hybridized carbons (Fsp3) is 0.115. The lowest BCUT2D eigenvalue weighted by Crippen LogP contribution is -2.13. The zero-order chi connectivity index (χ0) is 26.2. The maximum atomic E-state index is 14.2. The summed E-state index contributed by atoms with van der Waals surface area (Å²) < 4.78 is 57.7. The molecule has 5 aromatic rings. The molecule has 0 bridgehead atoms. The average molecular weight is 521 g/mol. The molecular weight excluding hydrogens is 499 g/mol. The lowest BCUT2D eigenvalue weighted by atomic mass is 9.95. The van der Waals surface area contributed by atoms with Crippen molar-refractivity contribution in [2.45, 2.75) is 11.8 Å². The summed E-state index contributed by atoms with van der Waals surface area (Å²) in [5.41, 5.74) is 3.92. The summed E-state index contributed by atoms with van der Waals surface area (Å²) in [6.07, 6.45) is 2.63.